The van der Waals surface area contributed by atoms with Gasteiger partial charge in [0, 0.05) is 11.3 Å². The number of para-hydroxylation sites is 1. The third-order valence-electron chi connectivity index (χ3n) is 4.82. The van der Waals surface area contributed by atoms with Crippen molar-refractivity contribution in [1.29, 1.82) is 0 Å². The molecule has 2 aromatic carbocycles. The summed E-state index contributed by atoms with van der Waals surface area (Å²) in [6.07, 6.45) is 0. The fraction of sp³-hybridized carbons (Fsp3) is 0.0952. The standard InChI is InChI=1S/C21H16N4O3/c1-11-17(20-23-18-14(26)9-6-10-15(18)28-20)21(27)25-19(22-11)16(12(2)24-25)13-7-4-3-5-8-13/h3-10,24,26H,1-2H3. The number of aromatic nitrogens is 4. The molecule has 7 nitrogen and oxygen atoms in total. The smallest absolute Gasteiger partial charge is 0.285 e. The lowest BCUT2D eigenvalue weighted by Crippen LogP contribution is -2.19. The minimum Gasteiger partial charge on any atom is -0.506 e. The summed E-state index contributed by atoms with van der Waals surface area (Å²) in [7, 11) is 0. The molecule has 0 saturated heterocycles. The second kappa shape index (κ2) is 5.82. The first-order valence-electron chi connectivity index (χ1n) is 8.81. The van der Waals surface area contributed by atoms with Crippen LogP contribution < -0.4 is 5.56 Å². The average Bonchev–Trinajstić information content (AvgIpc) is 3.24. The topological polar surface area (TPSA) is 96.4 Å². The molecule has 0 amide bonds. The summed E-state index contributed by atoms with van der Waals surface area (Å²) < 4.78 is 7.14. The number of aromatic hydroxyl groups is 1. The fourth-order valence-electron chi connectivity index (χ4n) is 3.53. The summed E-state index contributed by atoms with van der Waals surface area (Å²) >= 11 is 0. The number of nitrogens with one attached hydrogen (secondary N) is 1. The second-order valence-corrected chi connectivity index (χ2v) is 6.66. The molecule has 3 heterocycles. The number of fused-ring (bicyclic) bond motifs is 2. The molecule has 5 aromatic rings. The Morgan fingerprint density at radius 2 is 1.79 bits per heavy atom. The molecule has 0 saturated carbocycles. The minimum atomic E-state index is -0.307. The normalized spacial score (nSPS) is 11.5. The molecule has 0 spiro atoms. The maximum absolute atomic E-state index is 13.2. The zero-order valence-electron chi connectivity index (χ0n) is 15.2. The van der Waals surface area contributed by atoms with Crippen molar-refractivity contribution in [2.24, 2.45) is 0 Å². The van der Waals surface area contributed by atoms with Gasteiger partial charge in [0.15, 0.2) is 16.7 Å². The van der Waals surface area contributed by atoms with Gasteiger partial charge in [-0.1, -0.05) is 36.4 Å². The molecular weight excluding hydrogens is 356 g/mol. The summed E-state index contributed by atoms with van der Waals surface area (Å²) in [5.74, 6) is 0.135. The number of aromatic amines is 1. The Kier molecular flexibility index (Phi) is 3.39. The summed E-state index contributed by atoms with van der Waals surface area (Å²) in [5, 5.41) is 13.1. The van der Waals surface area contributed by atoms with E-state index in [0.717, 1.165) is 16.8 Å². The van der Waals surface area contributed by atoms with E-state index in [1.54, 1.807) is 19.1 Å². The summed E-state index contributed by atoms with van der Waals surface area (Å²) in [6, 6.07) is 14.7. The van der Waals surface area contributed by atoms with Crippen LogP contribution in [0.15, 0.2) is 57.7 Å². The van der Waals surface area contributed by atoms with Crippen LogP contribution in [0.2, 0.25) is 0 Å². The van der Waals surface area contributed by atoms with Gasteiger partial charge >= 0.3 is 0 Å². The van der Waals surface area contributed by atoms with E-state index >= 15 is 0 Å². The number of phenolic OH excluding ortho intramolecular Hbond substituents is 1. The van der Waals surface area contributed by atoms with Crippen molar-refractivity contribution in [2.45, 2.75) is 13.8 Å². The first-order valence-corrected chi connectivity index (χ1v) is 8.81. The monoisotopic (exact) mass is 372 g/mol. The van der Waals surface area contributed by atoms with Crippen LogP contribution >= 0.6 is 0 Å². The highest BCUT2D eigenvalue weighted by Crippen LogP contribution is 2.31. The van der Waals surface area contributed by atoms with E-state index in [0.29, 0.717) is 22.4 Å². The Balaban J connectivity index is 1.80. The largest absolute Gasteiger partial charge is 0.506 e. The van der Waals surface area contributed by atoms with Crippen LogP contribution in [0.1, 0.15) is 11.4 Å². The predicted molar refractivity (Wildman–Crippen MR) is 105 cm³/mol. The van der Waals surface area contributed by atoms with Crippen molar-refractivity contribution in [1.82, 2.24) is 19.6 Å². The molecule has 0 aliphatic rings. The van der Waals surface area contributed by atoms with E-state index in [1.165, 1.54) is 10.6 Å². The lowest BCUT2D eigenvalue weighted by molar-refractivity contribution is 0.480. The number of rotatable bonds is 2. The maximum Gasteiger partial charge on any atom is 0.285 e. The first kappa shape index (κ1) is 16.3. The third kappa shape index (κ3) is 2.26. The minimum absolute atomic E-state index is 0.00127. The third-order valence-corrected chi connectivity index (χ3v) is 4.82. The number of hydrogen-bond donors (Lipinski definition) is 2. The first-order chi connectivity index (χ1) is 13.5. The molecule has 0 aliphatic carbocycles. The molecule has 0 unspecified atom stereocenters. The van der Waals surface area contributed by atoms with Crippen molar-refractivity contribution >= 4 is 16.7 Å². The van der Waals surface area contributed by atoms with E-state index in [9.17, 15) is 9.90 Å². The van der Waals surface area contributed by atoms with Crippen LogP contribution in [0.4, 0.5) is 0 Å². The lowest BCUT2D eigenvalue weighted by atomic mass is 10.1. The molecular formula is C21H16N4O3. The van der Waals surface area contributed by atoms with Crippen LogP contribution in [0.25, 0.3) is 39.3 Å². The van der Waals surface area contributed by atoms with Crippen LogP contribution in [-0.4, -0.2) is 24.7 Å². The SMILES string of the molecule is Cc1nc2c(-c3ccccc3)c(C)[nH]n2c(=O)c1-c1nc2c(O)cccc2o1. The molecule has 138 valence electrons. The van der Waals surface area contributed by atoms with Gasteiger partial charge in [-0.15, -0.1) is 0 Å². The van der Waals surface area contributed by atoms with Gasteiger partial charge in [0.25, 0.3) is 5.56 Å². The van der Waals surface area contributed by atoms with Crippen molar-refractivity contribution in [3.8, 4) is 28.3 Å². The fourth-order valence-corrected chi connectivity index (χ4v) is 3.53. The second-order valence-electron chi connectivity index (χ2n) is 6.66. The Bertz CT molecular complexity index is 1410. The molecule has 0 radical (unpaired) electrons. The van der Waals surface area contributed by atoms with Crippen LogP contribution in [0, 0.1) is 13.8 Å². The van der Waals surface area contributed by atoms with Gasteiger partial charge in [0.2, 0.25) is 5.89 Å². The molecule has 0 bridgehead atoms. The molecule has 5 rings (SSSR count). The Hall–Kier alpha value is -3.87. The molecule has 7 heteroatoms. The van der Waals surface area contributed by atoms with Gasteiger partial charge < -0.3 is 9.52 Å². The van der Waals surface area contributed by atoms with E-state index in [1.807, 2.05) is 37.3 Å². The number of nitrogens with zero attached hydrogens (tertiary/aromatic N) is 3. The molecule has 0 fully saturated rings. The van der Waals surface area contributed by atoms with E-state index in [4.69, 9.17) is 4.42 Å². The molecule has 0 atom stereocenters. The van der Waals surface area contributed by atoms with Crippen LogP contribution in [0.3, 0.4) is 0 Å². The number of benzene rings is 2. The summed E-state index contributed by atoms with van der Waals surface area (Å²) in [4.78, 5) is 22.2. The number of phenols is 1. The van der Waals surface area contributed by atoms with Crippen molar-refractivity contribution in [3.05, 3.63) is 70.3 Å². The number of oxazole rings is 1. The van der Waals surface area contributed by atoms with Crippen LogP contribution in [0.5, 0.6) is 5.75 Å². The van der Waals surface area contributed by atoms with E-state index in [2.05, 4.69) is 15.1 Å². The Morgan fingerprint density at radius 3 is 2.54 bits per heavy atom. The summed E-state index contributed by atoms with van der Waals surface area (Å²) in [6.45, 7) is 3.66. The quantitative estimate of drug-likeness (QED) is 0.491. The van der Waals surface area contributed by atoms with Gasteiger partial charge in [-0.3, -0.25) is 9.89 Å². The van der Waals surface area contributed by atoms with Crippen molar-refractivity contribution in [2.75, 3.05) is 0 Å². The van der Waals surface area contributed by atoms with Crippen LogP contribution in [-0.2, 0) is 0 Å². The Morgan fingerprint density at radius 1 is 1.00 bits per heavy atom. The predicted octanol–water partition coefficient (Wildman–Crippen LogP) is 3.82. The zero-order chi connectivity index (χ0) is 19.4. The Labute approximate surface area is 158 Å². The van der Waals surface area contributed by atoms with Gasteiger partial charge in [-0.2, -0.15) is 0 Å². The maximum atomic E-state index is 13.2. The molecule has 2 N–H and O–H groups in total. The molecule has 3 aromatic heterocycles. The van der Waals surface area contributed by atoms with Crippen molar-refractivity contribution in [3.63, 3.8) is 0 Å². The number of hydrogen-bond acceptors (Lipinski definition) is 5. The van der Waals surface area contributed by atoms with E-state index < -0.39 is 0 Å². The highest BCUT2D eigenvalue weighted by Gasteiger charge is 2.22. The lowest BCUT2D eigenvalue weighted by Gasteiger charge is -2.03. The van der Waals surface area contributed by atoms with Crippen molar-refractivity contribution < 1.29 is 9.52 Å². The number of aryl methyl sites for hydroxylation is 2. The van der Waals surface area contributed by atoms with E-state index in [-0.39, 0.29) is 22.8 Å². The highest BCUT2D eigenvalue weighted by molar-refractivity contribution is 5.83. The molecule has 0 aliphatic heterocycles. The van der Waals surface area contributed by atoms with Gasteiger partial charge in [-0.25, -0.2) is 14.5 Å². The van der Waals surface area contributed by atoms with Gasteiger partial charge in [0.1, 0.15) is 11.3 Å². The summed E-state index contributed by atoms with van der Waals surface area (Å²) in [5.41, 5.74) is 4.42. The average molecular weight is 372 g/mol. The molecule has 28 heavy (non-hydrogen) atoms. The van der Waals surface area contributed by atoms with Gasteiger partial charge in [0.05, 0.1) is 5.69 Å². The zero-order valence-corrected chi connectivity index (χ0v) is 15.2. The van der Waals surface area contributed by atoms with Gasteiger partial charge in [-0.05, 0) is 31.5 Å². The highest BCUT2D eigenvalue weighted by atomic mass is 16.4. The number of H-pyrrole nitrogens is 1.